The number of carbonyl (C=O) groups is 2. The van der Waals surface area contributed by atoms with Crippen LogP contribution in [0.2, 0.25) is 0 Å². The Morgan fingerprint density at radius 3 is 2.62 bits per heavy atom. The van der Waals surface area contributed by atoms with Gasteiger partial charge in [-0.25, -0.2) is 4.79 Å². The van der Waals surface area contributed by atoms with Crippen molar-refractivity contribution in [2.24, 2.45) is 5.92 Å². The Morgan fingerprint density at radius 2 is 1.97 bits per heavy atom. The SMILES string of the molecule is COCCCC(=O)c1cc2cn(CC3CN(C(=O)OC(C)(C)C)C3)nc2cc1C. The average molecular weight is 402 g/mol. The third-order valence-electron chi connectivity index (χ3n) is 5.00. The van der Waals surface area contributed by atoms with E-state index >= 15 is 0 Å². The summed E-state index contributed by atoms with van der Waals surface area (Å²) in [5.41, 5.74) is 2.12. The van der Waals surface area contributed by atoms with E-state index in [1.807, 2.05) is 50.7 Å². The Balaban J connectivity index is 1.61. The first kappa shape index (κ1) is 21.3. The lowest BCUT2D eigenvalue weighted by atomic mass is 10.00. The van der Waals surface area contributed by atoms with Crippen molar-refractivity contribution in [2.45, 2.75) is 52.7 Å². The molecule has 1 aliphatic rings. The molecule has 1 aliphatic heterocycles. The first-order chi connectivity index (χ1) is 13.7. The number of benzene rings is 1. The highest BCUT2D eigenvalue weighted by Gasteiger charge is 2.34. The number of likely N-dealkylation sites (tertiary alicyclic amines) is 1. The zero-order chi connectivity index (χ0) is 21.2. The predicted molar refractivity (Wildman–Crippen MR) is 111 cm³/mol. The highest BCUT2D eigenvalue weighted by Crippen LogP contribution is 2.24. The van der Waals surface area contributed by atoms with Crippen molar-refractivity contribution >= 4 is 22.8 Å². The van der Waals surface area contributed by atoms with E-state index in [0.29, 0.717) is 32.0 Å². The second kappa shape index (κ2) is 8.53. The summed E-state index contributed by atoms with van der Waals surface area (Å²) in [5.74, 6) is 0.495. The third kappa shape index (κ3) is 5.35. The van der Waals surface area contributed by atoms with Gasteiger partial charge in [0.25, 0.3) is 0 Å². The Bertz CT molecular complexity index is 891. The van der Waals surface area contributed by atoms with Gasteiger partial charge in [-0.3, -0.25) is 9.48 Å². The van der Waals surface area contributed by atoms with Crippen LogP contribution < -0.4 is 0 Å². The maximum atomic E-state index is 12.5. The molecule has 158 valence electrons. The van der Waals surface area contributed by atoms with Crippen molar-refractivity contribution in [3.8, 4) is 0 Å². The van der Waals surface area contributed by atoms with Gasteiger partial charge >= 0.3 is 6.09 Å². The molecule has 2 heterocycles. The molecule has 3 rings (SSSR count). The van der Waals surface area contributed by atoms with E-state index < -0.39 is 5.60 Å². The minimum Gasteiger partial charge on any atom is -0.444 e. The summed E-state index contributed by atoms with van der Waals surface area (Å²) in [6.07, 6.45) is 2.93. The normalized spacial score (nSPS) is 14.9. The number of aromatic nitrogens is 2. The smallest absolute Gasteiger partial charge is 0.410 e. The largest absolute Gasteiger partial charge is 0.444 e. The molecule has 2 aromatic rings. The molecule has 7 nitrogen and oxygen atoms in total. The second-order valence-electron chi connectivity index (χ2n) is 8.85. The number of aryl methyl sites for hydroxylation is 1. The third-order valence-corrected chi connectivity index (χ3v) is 5.00. The van der Waals surface area contributed by atoms with Crippen LogP contribution in [0.3, 0.4) is 0 Å². The number of amides is 1. The molecule has 0 aliphatic carbocycles. The Morgan fingerprint density at radius 1 is 1.24 bits per heavy atom. The lowest BCUT2D eigenvalue weighted by Gasteiger charge is -2.39. The summed E-state index contributed by atoms with van der Waals surface area (Å²) in [6.45, 7) is 10.2. The van der Waals surface area contributed by atoms with Gasteiger partial charge in [0.1, 0.15) is 5.60 Å². The first-order valence-electron chi connectivity index (χ1n) is 10.1. The first-order valence-corrected chi connectivity index (χ1v) is 10.1. The van der Waals surface area contributed by atoms with E-state index in [-0.39, 0.29) is 11.9 Å². The van der Waals surface area contributed by atoms with Gasteiger partial charge in [0.05, 0.1) is 5.52 Å². The quantitative estimate of drug-likeness (QED) is 0.521. The number of fused-ring (bicyclic) bond motifs is 1. The number of rotatable bonds is 7. The van der Waals surface area contributed by atoms with Crippen molar-refractivity contribution < 1.29 is 19.1 Å². The molecule has 0 N–H and O–H groups in total. The van der Waals surface area contributed by atoms with Crippen LogP contribution in [0.15, 0.2) is 18.3 Å². The van der Waals surface area contributed by atoms with Gasteiger partial charge < -0.3 is 14.4 Å². The molecule has 0 spiro atoms. The van der Waals surface area contributed by atoms with Gasteiger partial charge in [0.2, 0.25) is 0 Å². The van der Waals surface area contributed by atoms with Crippen LogP contribution in [-0.4, -0.2) is 59.0 Å². The average Bonchev–Trinajstić information content (AvgIpc) is 2.96. The van der Waals surface area contributed by atoms with E-state index in [2.05, 4.69) is 5.10 Å². The van der Waals surface area contributed by atoms with Crippen LogP contribution in [0.5, 0.6) is 0 Å². The molecule has 0 atom stereocenters. The van der Waals surface area contributed by atoms with E-state index in [4.69, 9.17) is 9.47 Å². The summed E-state index contributed by atoms with van der Waals surface area (Å²) in [4.78, 5) is 26.3. The lowest BCUT2D eigenvalue weighted by molar-refractivity contribution is -0.00381. The van der Waals surface area contributed by atoms with Crippen LogP contribution in [0.1, 0.15) is 49.5 Å². The molecule has 1 aromatic heterocycles. The number of carbonyl (C=O) groups excluding carboxylic acids is 2. The van der Waals surface area contributed by atoms with Crippen LogP contribution in [-0.2, 0) is 16.0 Å². The second-order valence-corrected chi connectivity index (χ2v) is 8.85. The summed E-state index contributed by atoms with van der Waals surface area (Å²) >= 11 is 0. The zero-order valence-electron chi connectivity index (χ0n) is 18.0. The number of hydrogen-bond acceptors (Lipinski definition) is 5. The molecule has 7 heteroatoms. The topological polar surface area (TPSA) is 73.7 Å². The van der Waals surface area contributed by atoms with Crippen molar-refractivity contribution in [3.05, 3.63) is 29.5 Å². The van der Waals surface area contributed by atoms with Crippen LogP contribution in [0.4, 0.5) is 4.79 Å². The molecular weight excluding hydrogens is 370 g/mol. The molecule has 1 saturated heterocycles. The molecule has 0 radical (unpaired) electrons. The molecular formula is C22H31N3O4. The number of methoxy groups -OCH3 is 1. The molecule has 29 heavy (non-hydrogen) atoms. The van der Waals surface area contributed by atoms with Crippen molar-refractivity contribution in [3.63, 3.8) is 0 Å². The minimum absolute atomic E-state index is 0.140. The summed E-state index contributed by atoms with van der Waals surface area (Å²) in [7, 11) is 1.64. The van der Waals surface area contributed by atoms with Crippen LogP contribution in [0, 0.1) is 12.8 Å². The molecule has 0 bridgehead atoms. The van der Waals surface area contributed by atoms with Crippen LogP contribution in [0.25, 0.3) is 10.9 Å². The Kier molecular flexibility index (Phi) is 6.27. The van der Waals surface area contributed by atoms with Gasteiger partial charge in [-0.15, -0.1) is 0 Å². The van der Waals surface area contributed by atoms with Crippen molar-refractivity contribution in [2.75, 3.05) is 26.8 Å². The fraction of sp³-hybridized carbons (Fsp3) is 0.591. The van der Waals surface area contributed by atoms with Crippen LogP contribution >= 0.6 is 0 Å². The lowest BCUT2D eigenvalue weighted by Crippen LogP contribution is -2.52. The number of hydrogen-bond donors (Lipinski definition) is 0. The summed E-state index contributed by atoms with van der Waals surface area (Å²) in [6, 6.07) is 3.92. The van der Waals surface area contributed by atoms with E-state index in [1.165, 1.54) is 0 Å². The van der Waals surface area contributed by atoms with Crippen molar-refractivity contribution in [1.82, 2.24) is 14.7 Å². The number of Topliss-reactive ketones (excluding diaryl/α,β-unsaturated/α-hetero) is 1. The Hall–Kier alpha value is -2.41. The monoisotopic (exact) mass is 401 g/mol. The van der Waals surface area contributed by atoms with E-state index in [0.717, 1.165) is 35.0 Å². The van der Waals surface area contributed by atoms with E-state index in [9.17, 15) is 9.59 Å². The molecule has 0 saturated carbocycles. The maximum Gasteiger partial charge on any atom is 0.410 e. The summed E-state index contributed by atoms with van der Waals surface area (Å²) < 4.78 is 12.3. The molecule has 1 fully saturated rings. The zero-order valence-corrected chi connectivity index (χ0v) is 18.0. The highest BCUT2D eigenvalue weighted by molar-refractivity contribution is 6.00. The number of ketones is 1. The standard InChI is InChI=1S/C22H31N3O4/c1-15-9-19-17(10-18(15)20(26)7-6-8-28-5)14-25(23-19)13-16-11-24(12-16)21(27)29-22(2,3)4/h9-10,14,16H,6-8,11-13H2,1-5H3. The fourth-order valence-corrected chi connectivity index (χ4v) is 3.56. The summed E-state index contributed by atoms with van der Waals surface area (Å²) in [5, 5.41) is 5.62. The van der Waals surface area contributed by atoms with Gasteiger partial charge in [-0.1, -0.05) is 0 Å². The van der Waals surface area contributed by atoms with Gasteiger partial charge in [0, 0.05) is 62.8 Å². The highest BCUT2D eigenvalue weighted by atomic mass is 16.6. The molecule has 1 aromatic carbocycles. The van der Waals surface area contributed by atoms with Gasteiger partial charge in [-0.2, -0.15) is 5.10 Å². The minimum atomic E-state index is -0.474. The predicted octanol–water partition coefficient (Wildman–Crippen LogP) is 3.82. The number of ether oxygens (including phenoxy) is 2. The molecule has 0 unspecified atom stereocenters. The maximum absolute atomic E-state index is 12.5. The van der Waals surface area contributed by atoms with E-state index in [1.54, 1.807) is 12.0 Å². The number of nitrogens with zero attached hydrogens (tertiary/aromatic N) is 3. The fourth-order valence-electron chi connectivity index (χ4n) is 3.56. The van der Waals surface area contributed by atoms with Crippen molar-refractivity contribution in [1.29, 1.82) is 0 Å². The van der Waals surface area contributed by atoms with Gasteiger partial charge in [-0.05, 0) is 51.8 Å². The van der Waals surface area contributed by atoms with Gasteiger partial charge in [0.15, 0.2) is 5.78 Å². The Labute approximate surface area is 171 Å². The molecule has 1 amide bonds.